The standard InChI is InChI=1S/C28H37F3N8O5/c1-28(2,3)32-27(42)37-7-5-15(6-8-37)19-11-38(35-33-19)13-21-26(43-4)24(25(41)22(14-40)44-21)39-12-20(34-36-39)16-9-17(29)23(31)18(30)10-16/h9-12,15,21-22,24-26,40-41H,5-8,13-14H2,1-4H3,(H,32,42)/t21-,22-,24+,25+,26+/m1/s1. The van der Waals surface area contributed by atoms with E-state index in [1.54, 1.807) is 9.58 Å². The van der Waals surface area contributed by atoms with Gasteiger partial charge in [0.15, 0.2) is 17.5 Å². The highest BCUT2D eigenvalue weighted by atomic mass is 19.2. The number of nitrogens with one attached hydrogen (secondary N) is 1. The summed E-state index contributed by atoms with van der Waals surface area (Å²) in [7, 11) is 1.43. The van der Waals surface area contributed by atoms with E-state index in [0.717, 1.165) is 30.7 Å². The quantitative estimate of drug-likeness (QED) is 0.336. The zero-order valence-electron chi connectivity index (χ0n) is 24.9. The SMILES string of the molecule is CO[C@@H]1[C@@H](n2cc(-c3cc(F)c(F)c(F)c3)nn2)[C@@H](O)[C@@H](CO)O[C@@H]1Cn1cc(C2CCN(C(=O)NC(C)(C)C)CC2)nn1. The fraction of sp³-hybridized carbons (Fsp3) is 0.607. The normalized spacial score (nSPS) is 24.9. The van der Waals surface area contributed by atoms with E-state index >= 15 is 0 Å². The summed E-state index contributed by atoms with van der Waals surface area (Å²) in [4.78, 5) is 14.3. The van der Waals surface area contributed by atoms with Gasteiger partial charge in [0.2, 0.25) is 0 Å². The first-order valence-corrected chi connectivity index (χ1v) is 14.4. The monoisotopic (exact) mass is 622 g/mol. The molecule has 3 aromatic rings. The molecular weight excluding hydrogens is 585 g/mol. The van der Waals surface area contributed by atoms with Crippen molar-refractivity contribution in [1.82, 2.24) is 40.2 Å². The number of urea groups is 1. The topological polar surface area (TPSA) is 153 Å². The summed E-state index contributed by atoms with van der Waals surface area (Å²) in [6.07, 6.45) is 0.774. The van der Waals surface area contributed by atoms with Crippen LogP contribution >= 0.6 is 0 Å². The van der Waals surface area contributed by atoms with Crippen molar-refractivity contribution in [2.75, 3.05) is 26.8 Å². The predicted octanol–water partition coefficient (Wildman–Crippen LogP) is 2.02. The van der Waals surface area contributed by atoms with E-state index in [2.05, 4.69) is 25.9 Å². The van der Waals surface area contributed by atoms with Crippen LogP contribution in [0, 0.1) is 17.5 Å². The molecule has 2 aromatic heterocycles. The van der Waals surface area contributed by atoms with Crippen molar-refractivity contribution >= 4 is 6.03 Å². The van der Waals surface area contributed by atoms with Gasteiger partial charge < -0.3 is 29.9 Å². The first-order valence-electron chi connectivity index (χ1n) is 14.4. The Hall–Kier alpha value is -3.60. The van der Waals surface area contributed by atoms with Crippen LogP contribution in [0.1, 0.15) is 51.3 Å². The van der Waals surface area contributed by atoms with Crippen molar-refractivity contribution in [3.05, 3.63) is 47.7 Å². The highest BCUT2D eigenvalue weighted by Gasteiger charge is 2.47. The first kappa shape index (κ1) is 31.8. The van der Waals surface area contributed by atoms with Gasteiger partial charge in [0.1, 0.15) is 36.2 Å². The fourth-order valence-corrected chi connectivity index (χ4v) is 5.72. The fourth-order valence-electron chi connectivity index (χ4n) is 5.72. The van der Waals surface area contributed by atoms with Gasteiger partial charge in [0.05, 0.1) is 25.0 Å². The number of methoxy groups -OCH3 is 1. The summed E-state index contributed by atoms with van der Waals surface area (Å²) in [6.45, 7) is 6.64. The van der Waals surface area contributed by atoms with E-state index in [4.69, 9.17) is 9.47 Å². The van der Waals surface area contributed by atoms with E-state index in [0.29, 0.717) is 13.1 Å². The second-order valence-corrected chi connectivity index (χ2v) is 12.2. The number of amides is 2. The van der Waals surface area contributed by atoms with Crippen LogP contribution in [-0.4, -0.2) is 108 Å². The Labute approximate surface area is 251 Å². The lowest BCUT2D eigenvalue weighted by Gasteiger charge is -2.43. The molecule has 0 unspecified atom stereocenters. The van der Waals surface area contributed by atoms with E-state index in [-0.39, 0.29) is 35.3 Å². The number of likely N-dealkylation sites (tertiary alicyclic amines) is 1. The molecule has 16 heteroatoms. The molecule has 3 N–H and O–H groups in total. The average Bonchev–Trinajstić information content (AvgIpc) is 3.66. The molecular formula is C28H37F3N8O5. The maximum Gasteiger partial charge on any atom is 0.317 e. The molecule has 1 aromatic carbocycles. The molecule has 0 saturated carbocycles. The number of ether oxygens (including phenoxy) is 2. The van der Waals surface area contributed by atoms with E-state index < -0.39 is 54.5 Å². The summed E-state index contributed by atoms with van der Waals surface area (Å²) in [6, 6.07) is 0.588. The Bertz CT molecular complexity index is 1430. The summed E-state index contributed by atoms with van der Waals surface area (Å²) in [5.74, 6) is -4.24. The Morgan fingerprint density at radius 3 is 2.39 bits per heavy atom. The minimum absolute atomic E-state index is 0.0382. The number of hydrogen-bond acceptors (Lipinski definition) is 9. The number of carbonyl (C=O) groups excluding carboxylic acids is 1. The molecule has 0 spiro atoms. The second kappa shape index (κ2) is 12.8. The van der Waals surface area contributed by atoms with Crippen molar-refractivity contribution in [3.63, 3.8) is 0 Å². The molecule has 2 aliphatic rings. The van der Waals surface area contributed by atoms with E-state index in [1.165, 1.54) is 18.0 Å². The third kappa shape index (κ3) is 6.72. The van der Waals surface area contributed by atoms with Crippen LogP contribution in [0.3, 0.4) is 0 Å². The van der Waals surface area contributed by atoms with Crippen molar-refractivity contribution in [2.24, 2.45) is 0 Å². The number of aliphatic hydroxyl groups excluding tert-OH is 2. The average molecular weight is 623 g/mol. The molecule has 5 atom stereocenters. The van der Waals surface area contributed by atoms with Crippen LogP contribution in [0.2, 0.25) is 0 Å². The number of carbonyl (C=O) groups is 1. The summed E-state index contributed by atoms with van der Waals surface area (Å²) < 4.78 is 55.8. The van der Waals surface area contributed by atoms with Crippen LogP contribution in [0.25, 0.3) is 11.3 Å². The minimum atomic E-state index is -1.60. The molecule has 0 bridgehead atoms. The Morgan fingerprint density at radius 1 is 1.09 bits per heavy atom. The Balaban J connectivity index is 1.30. The molecule has 240 valence electrons. The van der Waals surface area contributed by atoms with Crippen LogP contribution in [0.4, 0.5) is 18.0 Å². The molecule has 4 heterocycles. The van der Waals surface area contributed by atoms with Gasteiger partial charge in [-0.2, -0.15) is 0 Å². The van der Waals surface area contributed by atoms with Crippen LogP contribution in [0.15, 0.2) is 24.5 Å². The highest BCUT2D eigenvalue weighted by Crippen LogP contribution is 2.34. The molecule has 0 aliphatic carbocycles. The summed E-state index contributed by atoms with van der Waals surface area (Å²) >= 11 is 0. The molecule has 2 aliphatic heterocycles. The number of aromatic nitrogens is 6. The third-order valence-electron chi connectivity index (χ3n) is 7.94. The van der Waals surface area contributed by atoms with Crippen molar-refractivity contribution in [3.8, 4) is 11.3 Å². The molecule has 2 fully saturated rings. The first-order chi connectivity index (χ1) is 20.9. The molecule has 2 saturated heterocycles. The lowest BCUT2D eigenvalue weighted by Crippen LogP contribution is -2.57. The maximum absolute atomic E-state index is 13.8. The molecule has 2 amide bonds. The number of piperidine rings is 1. The molecule has 5 rings (SSSR count). The molecule has 44 heavy (non-hydrogen) atoms. The number of halogens is 3. The van der Waals surface area contributed by atoms with Gasteiger partial charge >= 0.3 is 6.03 Å². The van der Waals surface area contributed by atoms with Gasteiger partial charge in [-0.3, -0.25) is 0 Å². The van der Waals surface area contributed by atoms with Gasteiger partial charge in [-0.25, -0.2) is 27.3 Å². The largest absolute Gasteiger partial charge is 0.394 e. The maximum atomic E-state index is 13.8. The Morgan fingerprint density at radius 2 is 1.77 bits per heavy atom. The number of nitrogens with zero attached hydrogens (tertiary/aromatic N) is 7. The van der Waals surface area contributed by atoms with Crippen LogP contribution < -0.4 is 5.32 Å². The molecule has 13 nitrogen and oxygen atoms in total. The summed E-state index contributed by atoms with van der Waals surface area (Å²) in [5, 5.41) is 40.7. The van der Waals surface area contributed by atoms with Crippen molar-refractivity contribution < 1.29 is 37.7 Å². The predicted molar refractivity (Wildman–Crippen MR) is 149 cm³/mol. The zero-order chi connectivity index (χ0) is 31.8. The lowest BCUT2D eigenvalue weighted by atomic mass is 9.92. The Kier molecular flexibility index (Phi) is 9.25. The van der Waals surface area contributed by atoms with Gasteiger partial charge in [-0.15, -0.1) is 10.2 Å². The van der Waals surface area contributed by atoms with E-state index in [1.807, 2.05) is 27.0 Å². The van der Waals surface area contributed by atoms with Crippen LogP contribution in [-0.2, 0) is 16.0 Å². The van der Waals surface area contributed by atoms with Crippen molar-refractivity contribution in [1.29, 1.82) is 0 Å². The second-order valence-electron chi connectivity index (χ2n) is 12.2. The highest BCUT2D eigenvalue weighted by molar-refractivity contribution is 5.75. The lowest BCUT2D eigenvalue weighted by molar-refractivity contribution is -0.216. The van der Waals surface area contributed by atoms with Crippen LogP contribution in [0.5, 0.6) is 0 Å². The van der Waals surface area contributed by atoms with Gasteiger partial charge in [0, 0.05) is 43.4 Å². The van der Waals surface area contributed by atoms with Gasteiger partial charge in [-0.1, -0.05) is 10.4 Å². The van der Waals surface area contributed by atoms with Gasteiger partial charge in [-0.05, 0) is 45.7 Å². The number of rotatable bonds is 7. The van der Waals surface area contributed by atoms with Gasteiger partial charge in [0.25, 0.3) is 0 Å². The van der Waals surface area contributed by atoms with E-state index in [9.17, 15) is 28.2 Å². The third-order valence-corrected chi connectivity index (χ3v) is 7.94. The van der Waals surface area contributed by atoms with Crippen molar-refractivity contribution in [2.45, 2.75) is 82.1 Å². The number of hydrogen-bond donors (Lipinski definition) is 3. The zero-order valence-corrected chi connectivity index (χ0v) is 24.9. The number of aliphatic hydroxyl groups is 2. The summed E-state index contributed by atoms with van der Waals surface area (Å²) in [5.41, 5.74) is 0.450. The number of benzene rings is 1. The minimum Gasteiger partial charge on any atom is -0.394 e. The molecule has 0 radical (unpaired) electrons. The smallest absolute Gasteiger partial charge is 0.317 e.